The summed E-state index contributed by atoms with van der Waals surface area (Å²) in [6, 6.07) is 19.7. The van der Waals surface area contributed by atoms with Crippen molar-refractivity contribution in [2.75, 3.05) is 7.11 Å². The highest BCUT2D eigenvalue weighted by molar-refractivity contribution is 8.03. The highest BCUT2D eigenvalue weighted by Crippen LogP contribution is 2.41. The molecule has 3 aromatic rings. The Morgan fingerprint density at radius 3 is 2.49 bits per heavy atom. The number of guanidine groups is 1. The van der Waals surface area contributed by atoms with Crippen LogP contribution in [0.1, 0.15) is 37.6 Å². The summed E-state index contributed by atoms with van der Waals surface area (Å²) in [7, 11) is 1.63. The lowest BCUT2D eigenvalue weighted by Gasteiger charge is -2.41. The van der Waals surface area contributed by atoms with Crippen LogP contribution in [0.3, 0.4) is 0 Å². The molecule has 2 heterocycles. The van der Waals surface area contributed by atoms with Crippen LogP contribution in [-0.4, -0.2) is 29.1 Å². The average molecular weight is 492 g/mol. The van der Waals surface area contributed by atoms with Crippen molar-refractivity contribution in [2.24, 2.45) is 22.4 Å². The van der Waals surface area contributed by atoms with Crippen molar-refractivity contribution in [1.29, 1.82) is 0 Å². The third-order valence-corrected chi connectivity index (χ3v) is 6.79. The molecule has 2 aromatic carbocycles. The van der Waals surface area contributed by atoms with Crippen LogP contribution < -0.4 is 16.2 Å². The van der Waals surface area contributed by atoms with E-state index in [-0.39, 0.29) is 11.9 Å². The Kier molecular flexibility index (Phi) is 7.73. The predicted molar refractivity (Wildman–Crippen MR) is 140 cm³/mol. The smallest absolute Gasteiger partial charge is 0.199 e. The summed E-state index contributed by atoms with van der Waals surface area (Å²) in [5.41, 5.74) is 15.7. The van der Waals surface area contributed by atoms with Crippen molar-refractivity contribution >= 4 is 23.3 Å². The molecular formula is C27H30FN5OS. The van der Waals surface area contributed by atoms with Gasteiger partial charge in [-0.25, -0.2) is 9.38 Å². The van der Waals surface area contributed by atoms with E-state index in [2.05, 4.69) is 18.8 Å². The van der Waals surface area contributed by atoms with Gasteiger partial charge in [-0.15, -0.1) is 0 Å². The molecule has 4 rings (SSSR count). The molecule has 0 saturated carbocycles. The third-order valence-electron chi connectivity index (χ3n) is 5.78. The van der Waals surface area contributed by atoms with Gasteiger partial charge in [-0.05, 0) is 66.4 Å². The maximum Gasteiger partial charge on any atom is 0.199 e. The molecule has 1 aliphatic heterocycles. The average Bonchev–Trinajstić information content (AvgIpc) is 2.84. The van der Waals surface area contributed by atoms with Crippen LogP contribution >= 0.6 is 11.8 Å². The van der Waals surface area contributed by atoms with E-state index in [1.165, 1.54) is 23.9 Å². The van der Waals surface area contributed by atoms with Crippen molar-refractivity contribution in [1.82, 2.24) is 9.88 Å². The van der Waals surface area contributed by atoms with E-state index in [0.29, 0.717) is 28.0 Å². The molecular weight excluding hydrogens is 461 g/mol. The number of rotatable bonds is 8. The van der Waals surface area contributed by atoms with Gasteiger partial charge in [-0.1, -0.05) is 43.8 Å². The summed E-state index contributed by atoms with van der Waals surface area (Å²) in [5.74, 6) is 1.09. The van der Waals surface area contributed by atoms with Crippen LogP contribution in [-0.2, 0) is 0 Å². The lowest BCUT2D eigenvalue weighted by atomic mass is 9.95. The molecule has 1 aromatic heterocycles. The first-order chi connectivity index (χ1) is 16.9. The summed E-state index contributed by atoms with van der Waals surface area (Å²) in [5, 5.41) is 0.631. The lowest BCUT2D eigenvalue weighted by Crippen LogP contribution is -2.53. The molecule has 0 bridgehead atoms. The monoisotopic (exact) mass is 491 g/mol. The number of aromatic nitrogens is 1. The van der Waals surface area contributed by atoms with Gasteiger partial charge < -0.3 is 21.1 Å². The van der Waals surface area contributed by atoms with Crippen LogP contribution in [0.15, 0.2) is 87.8 Å². The zero-order chi connectivity index (χ0) is 24.9. The van der Waals surface area contributed by atoms with Crippen LogP contribution in [0.4, 0.5) is 4.39 Å². The largest absolute Gasteiger partial charge is 0.497 e. The minimum Gasteiger partial charge on any atom is -0.497 e. The molecule has 0 saturated heterocycles. The fourth-order valence-corrected chi connectivity index (χ4v) is 5.15. The van der Waals surface area contributed by atoms with E-state index >= 15 is 0 Å². The van der Waals surface area contributed by atoms with Crippen LogP contribution in [0.25, 0.3) is 5.57 Å². The van der Waals surface area contributed by atoms with E-state index in [4.69, 9.17) is 21.2 Å². The van der Waals surface area contributed by atoms with Gasteiger partial charge in [0.25, 0.3) is 0 Å². The Labute approximate surface area is 209 Å². The lowest BCUT2D eigenvalue weighted by molar-refractivity contribution is 0.237. The maximum atomic E-state index is 14.3. The summed E-state index contributed by atoms with van der Waals surface area (Å²) in [4.78, 5) is 12.2. The number of nitrogens with zero attached hydrogens (tertiary/aromatic N) is 3. The molecule has 2 unspecified atom stereocenters. The van der Waals surface area contributed by atoms with Gasteiger partial charge in [0.2, 0.25) is 0 Å². The predicted octanol–water partition coefficient (Wildman–Crippen LogP) is 5.39. The highest BCUT2D eigenvalue weighted by atomic mass is 32.2. The topological polar surface area (TPSA) is 89.8 Å². The number of ether oxygens (including phenoxy) is 1. The Morgan fingerprint density at radius 1 is 1.09 bits per heavy atom. The zero-order valence-corrected chi connectivity index (χ0v) is 20.9. The number of halogens is 1. The van der Waals surface area contributed by atoms with Crippen molar-refractivity contribution in [2.45, 2.75) is 37.4 Å². The minimum absolute atomic E-state index is 0.189. The molecule has 2 atom stereocenters. The number of benzene rings is 2. The van der Waals surface area contributed by atoms with Crippen LogP contribution in [0.5, 0.6) is 5.75 Å². The molecule has 8 heteroatoms. The molecule has 1 aliphatic rings. The summed E-state index contributed by atoms with van der Waals surface area (Å²) in [6.45, 7) is 4.29. The number of hydrogen-bond donors (Lipinski definition) is 2. The molecule has 0 fully saturated rings. The zero-order valence-electron chi connectivity index (χ0n) is 20.1. The normalized spacial score (nSPS) is 16.9. The van der Waals surface area contributed by atoms with Gasteiger partial charge in [-0.2, -0.15) is 0 Å². The van der Waals surface area contributed by atoms with Gasteiger partial charge in [0.05, 0.1) is 18.8 Å². The molecule has 182 valence electrons. The summed E-state index contributed by atoms with van der Waals surface area (Å²) >= 11 is 1.44. The Balaban J connectivity index is 1.80. The molecule has 35 heavy (non-hydrogen) atoms. The number of methoxy groups -OCH3 is 1. The van der Waals surface area contributed by atoms with Gasteiger partial charge in [0.15, 0.2) is 5.96 Å². The minimum atomic E-state index is -0.652. The van der Waals surface area contributed by atoms with Crippen LogP contribution in [0.2, 0.25) is 0 Å². The number of nitrogens with two attached hydrogens (primary N) is 2. The second-order valence-corrected chi connectivity index (χ2v) is 9.79. The Bertz CT molecular complexity index is 1210. The van der Waals surface area contributed by atoms with Gasteiger partial charge in [0.1, 0.15) is 22.8 Å². The van der Waals surface area contributed by atoms with Crippen molar-refractivity contribution < 1.29 is 9.13 Å². The van der Waals surface area contributed by atoms with Crippen molar-refractivity contribution in [3.63, 3.8) is 0 Å². The molecule has 0 aliphatic carbocycles. The van der Waals surface area contributed by atoms with Crippen molar-refractivity contribution in [3.8, 4) is 5.75 Å². The first-order valence-corrected chi connectivity index (χ1v) is 12.3. The first kappa shape index (κ1) is 24.8. The fourth-order valence-electron chi connectivity index (χ4n) is 4.16. The number of pyridine rings is 1. The molecule has 4 N–H and O–H groups in total. The van der Waals surface area contributed by atoms with Gasteiger partial charge in [-0.3, -0.25) is 4.98 Å². The standard InChI is InChI=1S/C27H30FN5OS/c1-17(2)15-23(22-9-4-5-14-31-22)33-25(29)24(18-7-6-8-19(28)16-18)26(32-27(33)30)35-21-12-10-20(34-3)11-13-21/h4-14,16-17,23,25H,15,29H2,1-3H3,(H2,30,32). The van der Waals surface area contributed by atoms with E-state index in [0.717, 1.165) is 22.8 Å². The molecule has 0 spiro atoms. The van der Waals surface area contributed by atoms with E-state index < -0.39 is 6.17 Å². The fraction of sp³-hybridized carbons (Fsp3) is 0.259. The number of aliphatic imine (C=N–C) groups is 1. The third kappa shape index (κ3) is 5.66. The SMILES string of the molecule is COc1ccc(SC2=C(c3cccc(F)c3)C(N)N(C(CC(C)C)c3ccccn3)C(N)=N2)cc1. The second-order valence-electron chi connectivity index (χ2n) is 8.73. The highest BCUT2D eigenvalue weighted by Gasteiger charge is 2.36. The Hall–Kier alpha value is -3.36. The molecule has 6 nitrogen and oxygen atoms in total. The maximum absolute atomic E-state index is 14.3. The first-order valence-electron chi connectivity index (χ1n) is 11.5. The van der Waals surface area contributed by atoms with Crippen LogP contribution in [0, 0.1) is 11.7 Å². The Morgan fingerprint density at radius 2 is 1.86 bits per heavy atom. The number of thioether (sulfide) groups is 1. The summed E-state index contributed by atoms with van der Waals surface area (Å²) < 4.78 is 19.6. The quantitative estimate of drug-likeness (QED) is 0.439. The number of hydrogen-bond acceptors (Lipinski definition) is 7. The van der Waals surface area contributed by atoms with Gasteiger partial charge >= 0.3 is 0 Å². The van der Waals surface area contributed by atoms with E-state index in [1.807, 2.05) is 53.4 Å². The van der Waals surface area contributed by atoms with E-state index in [1.54, 1.807) is 19.4 Å². The second kappa shape index (κ2) is 10.9. The van der Waals surface area contributed by atoms with Gasteiger partial charge in [0, 0.05) is 16.7 Å². The molecule has 0 radical (unpaired) electrons. The van der Waals surface area contributed by atoms with Crippen molar-refractivity contribution in [3.05, 3.63) is 95.0 Å². The summed E-state index contributed by atoms with van der Waals surface area (Å²) in [6.07, 6.45) is 1.89. The van der Waals surface area contributed by atoms with E-state index in [9.17, 15) is 4.39 Å². The molecule has 0 amide bonds.